The minimum Gasteiger partial charge on any atom is -0.496 e. The first-order valence-corrected chi connectivity index (χ1v) is 7.70. The Labute approximate surface area is 134 Å². The van der Waals surface area contributed by atoms with Gasteiger partial charge in [0.15, 0.2) is 0 Å². The molecule has 1 aliphatic heterocycles. The Kier molecular flexibility index (Phi) is 3.46. The fraction of sp³-hybridized carbons (Fsp3) is 0.222. The summed E-state index contributed by atoms with van der Waals surface area (Å²) in [5, 5.41) is 7.88. The van der Waals surface area contributed by atoms with Crippen LogP contribution in [0.4, 0.5) is 5.95 Å². The zero-order valence-electron chi connectivity index (χ0n) is 12.9. The third-order valence-corrected chi connectivity index (χ3v) is 4.33. The Balaban J connectivity index is 1.77. The second-order valence-electron chi connectivity index (χ2n) is 5.63. The average Bonchev–Trinajstić information content (AvgIpc) is 3.10. The number of hydrogen-bond acceptors (Lipinski definition) is 4. The molecular formula is C18H18N4O. The van der Waals surface area contributed by atoms with Gasteiger partial charge in [-0.05, 0) is 18.1 Å². The molecule has 0 saturated carbocycles. The standard InChI is InChI=1S/C18H18N4O/c1-23-17-10-6-5-9-14(17)16-11-15(13-7-3-2-4-8-13)21-18-19-12-20-22(16)18/h2-10,12,15-16H,11H2,1H3,(H,19,20,21)/t15-,16+/m0/s1. The largest absolute Gasteiger partial charge is 0.496 e. The van der Waals surface area contributed by atoms with E-state index in [1.54, 1.807) is 13.4 Å². The summed E-state index contributed by atoms with van der Waals surface area (Å²) in [5.41, 5.74) is 2.38. The summed E-state index contributed by atoms with van der Waals surface area (Å²) >= 11 is 0. The molecule has 0 saturated heterocycles. The van der Waals surface area contributed by atoms with Gasteiger partial charge in [-0.2, -0.15) is 10.1 Å². The monoisotopic (exact) mass is 306 g/mol. The van der Waals surface area contributed by atoms with Crippen LogP contribution in [0.15, 0.2) is 60.9 Å². The Hall–Kier alpha value is -2.82. The van der Waals surface area contributed by atoms with Crippen molar-refractivity contribution in [1.29, 1.82) is 0 Å². The van der Waals surface area contributed by atoms with Gasteiger partial charge in [-0.1, -0.05) is 48.5 Å². The number of nitrogens with zero attached hydrogens (tertiary/aromatic N) is 3. The summed E-state index contributed by atoms with van der Waals surface area (Å²) in [6.45, 7) is 0. The predicted octanol–water partition coefficient (Wildman–Crippen LogP) is 3.43. The van der Waals surface area contributed by atoms with E-state index in [4.69, 9.17) is 4.74 Å². The first-order valence-electron chi connectivity index (χ1n) is 7.70. The van der Waals surface area contributed by atoms with Crippen LogP contribution in [0.1, 0.15) is 29.6 Å². The second-order valence-corrected chi connectivity index (χ2v) is 5.63. The number of aromatic nitrogens is 3. The van der Waals surface area contributed by atoms with E-state index in [1.807, 2.05) is 28.9 Å². The lowest BCUT2D eigenvalue weighted by Gasteiger charge is -2.32. The third kappa shape index (κ3) is 2.44. The van der Waals surface area contributed by atoms with Crippen LogP contribution >= 0.6 is 0 Å². The summed E-state index contributed by atoms with van der Waals surface area (Å²) in [6, 6.07) is 18.8. The lowest BCUT2D eigenvalue weighted by Crippen LogP contribution is -2.28. The van der Waals surface area contributed by atoms with Gasteiger partial charge in [0.2, 0.25) is 5.95 Å². The Morgan fingerprint density at radius 1 is 1.09 bits per heavy atom. The van der Waals surface area contributed by atoms with E-state index < -0.39 is 0 Å². The van der Waals surface area contributed by atoms with E-state index in [9.17, 15) is 0 Å². The fourth-order valence-corrected chi connectivity index (χ4v) is 3.22. The number of rotatable bonds is 3. The molecule has 5 nitrogen and oxygen atoms in total. The maximum absolute atomic E-state index is 5.55. The average molecular weight is 306 g/mol. The van der Waals surface area contributed by atoms with E-state index in [2.05, 4.69) is 45.7 Å². The fourth-order valence-electron chi connectivity index (χ4n) is 3.22. The van der Waals surface area contributed by atoms with Crippen LogP contribution < -0.4 is 10.1 Å². The lowest BCUT2D eigenvalue weighted by molar-refractivity contribution is 0.380. The molecule has 116 valence electrons. The highest BCUT2D eigenvalue weighted by molar-refractivity contribution is 5.42. The number of anilines is 1. The normalized spacial score (nSPS) is 19.7. The van der Waals surface area contributed by atoms with E-state index in [0.717, 1.165) is 23.7 Å². The molecule has 0 bridgehead atoms. The zero-order chi connectivity index (χ0) is 15.6. The smallest absolute Gasteiger partial charge is 0.222 e. The summed E-state index contributed by atoms with van der Waals surface area (Å²) < 4.78 is 7.49. The quantitative estimate of drug-likeness (QED) is 0.805. The summed E-state index contributed by atoms with van der Waals surface area (Å²) in [4.78, 5) is 4.36. The maximum atomic E-state index is 5.55. The molecule has 5 heteroatoms. The number of para-hydroxylation sites is 1. The number of ether oxygens (including phenoxy) is 1. The number of nitrogens with one attached hydrogen (secondary N) is 1. The number of benzene rings is 2. The van der Waals surface area contributed by atoms with E-state index in [0.29, 0.717) is 0 Å². The molecule has 2 aromatic carbocycles. The number of methoxy groups -OCH3 is 1. The van der Waals surface area contributed by atoms with Gasteiger partial charge in [-0.15, -0.1) is 0 Å². The van der Waals surface area contributed by atoms with E-state index in [-0.39, 0.29) is 12.1 Å². The van der Waals surface area contributed by atoms with Crippen molar-refractivity contribution >= 4 is 5.95 Å². The topological polar surface area (TPSA) is 52.0 Å². The van der Waals surface area contributed by atoms with Gasteiger partial charge in [-0.3, -0.25) is 0 Å². The van der Waals surface area contributed by atoms with Gasteiger partial charge in [0, 0.05) is 5.56 Å². The van der Waals surface area contributed by atoms with Gasteiger partial charge in [-0.25, -0.2) is 4.68 Å². The second kappa shape index (κ2) is 5.76. The highest BCUT2D eigenvalue weighted by Crippen LogP contribution is 2.40. The Morgan fingerprint density at radius 2 is 1.87 bits per heavy atom. The maximum Gasteiger partial charge on any atom is 0.222 e. The number of hydrogen-bond donors (Lipinski definition) is 1. The van der Waals surface area contributed by atoms with Crippen LogP contribution in [0.25, 0.3) is 0 Å². The zero-order valence-corrected chi connectivity index (χ0v) is 12.9. The molecule has 4 rings (SSSR count). The Morgan fingerprint density at radius 3 is 2.70 bits per heavy atom. The van der Waals surface area contributed by atoms with Crippen molar-refractivity contribution in [3.8, 4) is 5.75 Å². The molecule has 1 aliphatic rings. The Bertz CT molecular complexity index is 800. The van der Waals surface area contributed by atoms with Crippen LogP contribution in [0, 0.1) is 0 Å². The van der Waals surface area contributed by atoms with Crippen molar-refractivity contribution in [1.82, 2.24) is 14.8 Å². The van der Waals surface area contributed by atoms with Crippen LogP contribution in [0.3, 0.4) is 0 Å². The molecule has 0 unspecified atom stereocenters. The SMILES string of the molecule is COc1ccccc1[C@H]1C[C@@H](c2ccccc2)Nc2ncnn21. The summed E-state index contributed by atoms with van der Waals surface area (Å²) in [5.74, 6) is 1.67. The van der Waals surface area contributed by atoms with Crippen LogP contribution in [-0.4, -0.2) is 21.9 Å². The highest BCUT2D eigenvalue weighted by atomic mass is 16.5. The molecule has 0 spiro atoms. The summed E-state index contributed by atoms with van der Waals surface area (Å²) in [6.07, 6.45) is 2.48. The number of fused-ring (bicyclic) bond motifs is 1. The van der Waals surface area contributed by atoms with Crippen LogP contribution in [0.5, 0.6) is 5.75 Å². The molecule has 3 aromatic rings. The van der Waals surface area contributed by atoms with Gasteiger partial charge in [0.1, 0.15) is 12.1 Å². The van der Waals surface area contributed by atoms with Crippen LogP contribution in [-0.2, 0) is 0 Å². The highest BCUT2D eigenvalue weighted by Gasteiger charge is 2.31. The van der Waals surface area contributed by atoms with Gasteiger partial charge < -0.3 is 10.1 Å². The van der Waals surface area contributed by atoms with Crippen molar-refractivity contribution in [2.45, 2.75) is 18.5 Å². The van der Waals surface area contributed by atoms with Crippen molar-refractivity contribution < 1.29 is 4.74 Å². The van der Waals surface area contributed by atoms with Crippen molar-refractivity contribution in [3.63, 3.8) is 0 Å². The molecule has 0 radical (unpaired) electrons. The lowest BCUT2D eigenvalue weighted by atomic mass is 9.93. The molecule has 0 aliphatic carbocycles. The van der Waals surface area contributed by atoms with Crippen molar-refractivity contribution in [2.75, 3.05) is 12.4 Å². The van der Waals surface area contributed by atoms with Crippen molar-refractivity contribution in [3.05, 3.63) is 72.1 Å². The van der Waals surface area contributed by atoms with Gasteiger partial charge >= 0.3 is 0 Å². The molecule has 1 aromatic heterocycles. The van der Waals surface area contributed by atoms with Gasteiger partial charge in [0.25, 0.3) is 0 Å². The minimum absolute atomic E-state index is 0.0927. The predicted molar refractivity (Wildman–Crippen MR) is 88.6 cm³/mol. The van der Waals surface area contributed by atoms with Crippen LogP contribution in [0.2, 0.25) is 0 Å². The molecule has 0 amide bonds. The molecule has 1 N–H and O–H groups in total. The molecule has 2 atom stereocenters. The van der Waals surface area contributed by atoms with E-state index >= 15 is 0 Å². The first kappa shape index (κ1) is 13.8. The molecular weight excluding hydrogens is 288 g/mol. The molecule has 23 heavy (non-hydrogen) atoms. The minimum atomic E-state index is 0.0927. The van der Waals surface area contributed by atoms with E-state index in [1.165, 1.54) is 5.56 Å². The van der Waals surface area contributed by atoms with Crippen molar-refractivity contribution in [2.24, 2.45) is 0 Å². The third-order valence-electron chi connectivity index (χ3n) is 4.33. The van der Waals surface area contributed by atoms with Gasteiger partial charge in [0.05, 0.1) is 19.2 Å². The molecule has 2 heterocycles. The summed E-state index contributed by atoms with van der Waals surface area (Å²) in [7, 11) is 1.71. The molecule has 0 fully saturated rings. The first-order chi connectivity index (χ1) is 11.4.